The molecule has 0 bridgehead atoms. The first-order valence-corrected chi connectivity index (χ1v) is 16.8. The van der Waals surface area contributed by atoms with Crippen molar-refractivity contribution in [1.82, 2.24) is 30.0 Å². The summed E-state index contributed by atoms with van der Waals surface area (Å²) in [5.41, 5.74) is 5.68. The van der Waals surface area contributed by atoms with Crippen molar-refractivity contribution in [1.29, 1.82) is 0 Å². The Kier molecular flexibility index (Phi) is 10.8. The Balaban J connectivity index is 1.32. The quantitative estimate of drug-likeness (QED) is 0.218. The molecule has 4 N–H and O–H groups in total. The first-order chi connectivity index (χ1) is 24.1. The monoisotopic (exact) mass is 703 g/mol. The Morgan fingerprint density at radius 1 is 1.04 bits per heavy atom. The summed E-state index contributed by atoms with van der Waals surface area (Å²) >= 11 is 0. The summed E-state index contributed by atoms with van der Waals surface area (Å²) < 4.78 is 31.1. The number of carbonyl (C=O) groups excluding carboxylic acids is 5. The topological polar surface area (TPSA) is 160 Å². The largest absolute Gasteiger partial charge is 0.352 e. The predicted molar refractivity (Wildman–Crippen MR) is 184 cm³/mol. The number of nitrogens with zero attached hydrogens (tertiary/aromatic N) is 4. The molecule has 3 aromatic rings. The van der Waals surface area contributed by atoms with Crippen LogP contribution in [0.25, 0.3) is 11.3 Å². The summed E-state index contributed by atoms with van der Waals surface area (Å²) in [5.74, 6) is -3.04. The first kappa shape index (κ1) is 37.0. The average molecular weight is 704 g/mol. The van der Waals surface area contributed by atoms with Gasteiger partial charge < -0.3 is 25.8 Å². The van der Waals surface area contributed by atoms with Crippen LogP contribution < -0.4 is 16.4 Å². The van der Waals surface area contributed by atoms with E-state index in [9.17, 15) is 32.8 Å². The Morgan fingerprint density at radius 3 is 2.31 bits per heavy atom. The van der Waals surface area contributed by atoms with Gasteiger partial charge in [0.2, 0.25) is 17.7 Å². The molecule has 5 amide bonds. The predicted octanol–water partition coefficient (Wildman–Crippen LogP) is 3.22. The maximum Gasteiger partial charge on any atom is 0.253 e. The lowest BCUT2D eigenvalue weighted by Crippen LogP contribution is -2.55. The maximum atomic E-state index is 15.0. The number of rotatable bonds is 14. The lowest BCUT2D eigenvalue weighted by molar-refractivity contribution is -0.137. The molecule has 2 unspecified atom stereocenters. The molecule has 1 aromatic heterocycles. The molecule has 0 saturated heterocycles. The SMILES string of the molecule is CC(=O)N(CCC(N)C(=O)NC1(C(=O)NCCN2C(=O)C=CC2=O)CC1)C(c1nc(-c2cc(F)ccc2F)cn1Cc1ccccc1)C(C)(C)C. The number of aromatic nitrogens is 2. The molecule has 0 spiro atoms. The van der Waals surface area contributed by atoms with Gasteiger partial charge in [-0.15, -0.1) is 0 Å². The van der Waals surface area contributed by atoms with E-state index < -0.39 is 58.3 Å². The third-order valence-corrected chi connectivity index (χ3v) is 9.07. The highest BCUT2D eigenvalue weighted by atomic mass is 19.1. The second-order valence-electron chi connectivity index (χ2n) is 14.1. The highest BCUT2D eigenvalue weighted by molar-refractivity contribution is 6.12. The van der Waals surface area contributed by atoms with Crippen molar-refractivity contribution >= 4 is 29.5 Å². The number of benzene rings is 2. The van der Waals surface area contributed by atoms with Crippen LogP contribution in [0, 0.1) is 17.0 Å². The fourth-order valence-electron chi connectivity index (χ4n) is 6.21. The summed E-state index contributed by atoms with van der Waals surface area (Å²) in [6.45, 7) is 7.63. The van der Waals surface area contributed by atoms with Crippen LogP contribution in [0.15, 0.2) is 66.9 Å². The number of imide groups is 1. The van der Waals surface area contributed by atoms with E-state index >= 15 is 0 Å². The molecule has 1 saturated carbocycles. The van der Waals surface area contributed by atoms with Gasteiger partial charge in [0, 0.05) is 57.0 Å². The molecule has 51 heavy (non-hydrogen) atoms. The van der Waals surface area contributed by atoms with Crippen molar-refractivity contribution in [2.45, 2.75) is 71.1 Å². The van der Waals surface area contributed by atoms with Gasteiger partial charge in [-0.2, -0.15) is 0 Å². The van der Waals surface area contributed by atoms with Gasteiger partial charge in [-0.25, -0.2) is 13.8 Å². The third kappa shape index (κ3) is 8.56. The van der Waals surface area contributed by atoms with E-state index in [0.29, 0.717) is 25.2 Å². The Labute approximate surface area is 295 Å². The number of hydrogen-bond acceptors (Lipinski definition) is 7. The zero-order chi connectivity index (χ0) is 37.1. The molecule has 2 aliphatic rings. The van der Waals surface area contributed by atoms with Gasteiger partial charge in [0.25, 0.3) is 11.8 Å². The minimum atomic E-state index is -1.15. The van der Waals surface area contributed by atoms with Crippen molar-refractivity contribution in [3.8, 4) is 11.3 Å². The van der Waals surface area contributed by atoms with Crippen molar-refractivity contribution in [2.75, 3.05) is 19.6 Å². The first-order valence-electron chi connectivity index (χ1n) is 16.8. The van der Waals surface area contributed by atoms with Crippen LogP contribution >= 0.6 is 0 Å². The molecule has 2 aromatic carbocycles. The second kappa shape index (κ2) is 14.9. The number of amides is 5. The zero-order valence-electron chi connectivity index (χ0n) is 29.1. The number of halogens is 2. The van der Waals surface area contributed by atoms with Gasteiger partial charge in [-0.05, 0) is 48.4 Å². The van der Waals surface area contributed by atoms with Gasteiger partial charge >= 0.3 is 0 Å². The van der Waals surface area contributed by atoms with Crippen LogP contribution in [0.1, 0.15) is 64.4 Å². The summed E-state index contributed by atoms with van der Waals surface area (Å²) in [6.07, 6.45) is 4.81. The van der Waals surface area contributed by atoms with Gasteiger partial charge in [-0.3, -0.25) is 28.9 Å². The fraction of sp³-hybridized carbons (Fsp3) is 0.405. The molecule has 5 rings (SSSR count). The summed E-state index contributed by atoms with van der Waals surface area (Å²) in [7, 11) is 0. The maximum absolute atomic E-state index is 15.0. The van der Waals surface area contributed by atoms with E-state index in [1.807, 2.05) is 55.7 Å². The minimum Gasteiger partial charge on any atom is -0.352 e. The highest BCUT2D eigenvalue weighted by Gasteiger charge is 2.51. The molecule has 2 heterocycles. The second-order valence-corrected chi connectivity index (χ2v) is 14.1. The van der Waals surface area contributed by atoms with E-state index in [1.54, 1.807) is 11.1 Å². The van der Waals surface area contributed by atoms with E-state index in [1.165, 1.54) is 6.92 Å². The van der Waals surface area contributed by atoms with Crippen LogP contribution in [0.2, 0.25) is 0 Å². The van der Waals surface area contributed by atoms with Crippen LogP contribution in [-0.4, -0.2) is 80.1 Å². The molecule has 14 heteroatoms. The molecular weight excluding hydrogens is 660 g/mol. The number of nitrogens with two attached hydrogens (primary N) is 1. The molecule has 0 radical (unpaired) electrons. The molecule has 1 aliphatic carbocycles. The number of nitrogens with one attached hydrogen (secondary N) is 2. The van der Waals surface area contributed by atoms with E-state index in [0.717, 1.165) is 40.8 Å². The lowest BCUT2D eigenvalue weighted by Gasteiger charge is -2.40. The van der Waals surface area contributed by atoms with Gasteiger partial charge in [-0.1, -0.05) is 51.1 Å². The van der Waals surface area contributed by atoms with Gasteiger partial charge in [0.15, 0.2) is 0 Å². The molecule has 270 valence electrons. The van der Waals surface area contributed by atoms with Crippen LogP contribution in [0.3, 0.4) is 0 Å². The normalized spacial score (nSPS) is 16.2. The van der Waals surface area contributed by atoms with E-state index in [2.05, 4.69) is 10.6 Å². The van der Waals surface area contributed by atoms with Crippen molar-refractivity contribution in [3.63, 3.8) is 0 Å². The average Bonchev–Trinajstić information content (AvgIpc) is 3.65. The van der Waals surface area contributed by atoms with Crippen molar-refractivity contribution < 1.29 is 32.8 Å². The number of carbonyl (C=O) groups is 5. The van der Waals surface area contributed by atoms with Crippen molar-refractivity contribution in [3.05, 3.63) is 89.9 Å². The summed E-state index contributed by atoms with van der Waals surface area (Å²) in [4.78, 5) is 70.5. The van der Waals surface area contributed by atoms with E-state index in [-0.39, 0.29) is 43.2 Å². The smallest absolute Gasteiger partial charge is 0.253 e. The molecule has 12 nitrogen and oxygen atoms in total. The van der Waals surface area contributed by atoms with Crippen LogP contribution in [0.5, 0.6) is 0 Å². The fourth-order valence-corrected chi connectivity index (χ4v) is 6.21. The van der Waals surface area contributed by atoms with Crippen LogP contribution in [-0.2, 0) is 30.5 Å². The Hall–Kier alpha value is -5.24. The van der Waals surface area contributed by atoms with Gasteiger partial charge in [0.1, 0.15) is 23.0 Å². The lowest BCUT2D eigenvalue weighted by atomic mass is 9.84. The third-order valence-electron chi connectivity index (χ3n) is 9.07. The Morgan fingerprint density at radius 2 is 1.71 bits per heavy atom. The molecule has 2 atom stereocenters. The van der Waals surface area contributed by atoms with E-state index in [4.69, 9.17) is 10.7 Å². The standard InChI is InChI=1S/C37H43F2N7O5/c1-23(47)45(18-14-28(40)34(50)43-37(15-16-37)35(51)41-17-19-46-30(48)12-13-31(46)49)32(36(2,3)4)33-42-29(26-20-25(38)10-11-27(26)39)22-44(33)21-24-8-6-5-7-9-24/h5-13,20,22,28,32H,14-19,21,40H2,1-4H3,(H,41,51)(H,43,50). The Bertz CT molecular complexity index is 1830. The molecular formula is C37H43F2N7O5. The minimum absolute atomic E-state index is 0.00195. The summed E-state index contributed by atoms with van der Waals surface area (Å²) in [6, 6.07) is 10.9. The molecule has 1 fully saturated rings. The highest BCUT2D eigenvalue weighted by Crippen LogP contribution is 2.40. The number of hydrogen-bond donors (Lipinski definition) is 3. The molecule has 1 aliphatic heterocycles. The number of imidazole rings is 1. The van der Waals surface area contributed by atoms with Gasteiger partial charge in [0.05, 0.1) is 17.8 Å². The summed E-state index contributed by atoms with van der Waals surface area (Å²) in [5, 5.41) is 5.43. The van der Waals surface area contributed by atoms with Crippen molar-refractivity contribution in [2.24, 2.45) is 11.1 Å². The zero-order valence-corrected chi connectivity index (χ0v) is 29.1. The van der Waals surface area contributed by atoms with Crippen LogP contribution in [0.4, 0.5) is 8.78 Å².